The highest BCUT2D eigenvalue weighted by Gasteiger charge is 2.31. The predicted octanol–water partition coefficient (Wildman–Crippen LogP) is 0.799. The molecule has 0 aliphatic carbocycles. The SMILES string of the molecule is CN=C(NCCNS(C)(=O)=O)NCc1ccccc1OC(F)(F)F. The zero-order valence-corrected chi connectivity index (χ0v) is 14.0. The van der Waals surface area contributed by atoms with Crippen molar-refractivity contribution in [3.05, 3.63) is 29.8 Å². The van der Waals surface area contributed by atoms with E-state index in [1.54, 1.807) is 6.07 Å². The average Bonchev–Trinajstić information content (AvgIpc) is 2.45. The minimum absolute atomic E-state index is 0.0471. The Morgan fingerprint density at radius 1 is 1.21 bits per heavy atom. The van der Waals surface area contributed by atoms with Gasteiger partial charge in [0, 0.05) is 32.2 Å². The number of sulfonamides is 1. The Hall–Kier alpha value is -2.01. The number of halogens is 3. The Morgan fingerprint density at radius 2 is 1.88 bits per heavy atom. The molecule has 0 saturated carbocycles. The van der Waals surface area contributed by atoms with Gasteiger partial charge in [0.1, 0.15) is 5.75 Å². The molecule has 7 nitrogen and oxygen atoms in total. The molecule has 0 spiro atoms. The topological polar surface area (TPSA) is 91.8 Å². The molecule has 0 fully saturated rings. The molecule has 0 aliphatic heterocycles. The van der Waals surface area contributed by atoms with Crippen LogP contribution < -0.4 is 20.1 Å². The van der Waals surface area contributed by atoms with Crippen LogP contribution in [0.25, 0.3) is 0 Å². The molecule has 0 saturated heterocycles. The molecule has 1 aromatic carbocycles. The Kier molecular flexibility index (Phi) is 7.29. The third kappa shape index (κ3) is 8.58. The number of rotatable bonds is 7. The molecular weight excluding hydrogens is 349 g/mol. The fraction of sp³-hybridized carbons (Fsp3) is 0.462. The van der Waals surface area contributed by atoms with Crippen LogP contribution in [0.2, 0.25) is 0 Å². The van der Waals surface area contributed by atoms with Crippen LogP contribution in [0, 0.1) is 0 Å². The van der Waals surface area contributed by atoms with Crippen LogP contribution in [0.3, 0.4) is 0 Å². The van der Waals surface area contributed by atoms with Gasteiger partial charge in [0.15, 0.2) is 5.96 Å². The Morgan fingerprint density at radius 3 is 2.46 bits per heavy atom. The van der Waals surface area contributed by atoms with Gasteiger partial charge in [-0.1, -0.05) is 18.2 Å². The van der Waals surface area contributed by atoms with Gasteiger partial charge < -0.3 is 15.4 Å². The number of nitrogens with zero attached hydrogens (tertiary/aromatic N) is 1. The minimum Gasteiger partial charge on any atom is -0.405 e. The number of guanidine groups is 1. The van der Waals surface area contributed by atoms with E-state index in [-0.39, 0.29) is 25.4 Å². The van der Waals surface area contributed by atoms with Gasteiger partial charge in [-0.3, -0.25) is 4.99 Å². The van der Waals surface area contributed by atoms with Gasteiger partial charge in [-0.15, -0.1) is 13.2 Å². The minimum atomic E-state index is -4.77. The number of nitrogens with one attached hydrogen (secondary N) is 3. The van der Waals surface area contributed by atoms with Crippen molar-refractivity contribution in [3.63, 3.8) is 0 Å². The summed E-state index contributed by atoms with van der Waals surface area (Å²) in [5.74, 6) is 0.0128. The summed E-state index contributed by atoms with van der Waals surface area (Å²) in [6.45, 7) is 0.451. The van der Waals surface area contributed by atoms with Crippen LogP contribution in [0.5, 0.6) is 5.75 Å². The van der Waals surface area contributed by atoms with Crippen LogP contribution >= 0.6 is 0 Å². The lowest BCUT2D eigenvalue weighted by atomic mass is 10.2. The number of para-hydroxylation sites is 1. The molecule has 1 aromatic rings. The molecule has 11 heteroatoms. The number of alkyl halides is 3. The van der Waals surface area contributed by atoms with Gasteiger partial charge in [-0.25, -0.2) is 13.1 Å². The Labute approximate surface area is 138 Å². The van der Waals surface area contributed by atoms with Gasteiger partial charge in [0.2, 0.25) is 10.0 Å². The first kappa shape index (κ1) is 20.0. The Balaban J connectivity index is 2.55. The number of hydrogen-bond acceptors (Lipinski definition) is 4. The summed E-state index contributed by atoms with van der Waals surface area (Å²) in [7, 11) is -1.80. The number of hydrogen-bond donors (Lipinski definition) is 3. The van der Waals surface area contributed by atoms with Crippen molar-refractivity contribution in [1.82, 2.24) is 15.4 Å². The first-order valence-corrected chi connectivity index (χ1v) is 8.72. The van der Waals surface area contributed by atoms with Crippen molar-refractivity contribution < 1.29 is 26.3 Å². The smallest absolute Gasteiger partial charge is 0.405 e. The highest BCUT2D eigenvalue weighted by molar-refractivity contribution is 7.88. The standard InChI is InChI=1S/C13H19F3N4O3S/c1-17-12(18-7-8-20-24(2,21)22)19-9-10-5-3-4-6-11(10)23-13(14,15)16/h3-6,20H,7-9H2,1-2H3,(H2,17,18,19). The first-order chi connectivity index (χ1) is 11.1. The van der Waals surface area contributed by atoms with E-state index in [1.165, 1.54) is 25.2 Å². The fourth-order valence-electron chi connectivity index (χ4n) is 1.69. The van der Waals surface area contributed by atoms with Crippen molar-refractivity contribution in [2.45, 2.75) is 12.9 Å². The second kappa shape index (κ2) is 8.73. The third-order valence-electron chi connectivity index (χ3n) is 2.65. The van der Waals surface area contributed by atoms with Crippen LogP contribution in [-0.4, -0.2) is 47.1 Å². The molecule has 0 unspecified atom stereocenters. The quantitative estimate of drug-likeness (QED) is 0.376. The summed E-state index contributed by atoms with van der Waals surface area (Å²) < 4.78 is 65.1. The Bertz CT molecular complexity index is 663. The molecule has 0 aliphatic rings. The van der Waals surface area contributed by atoms with Gasteiger partial charge in [-0.05, 0) is 6.07 Å². The van der Waals surface area contributed by atoms with E-state index >= 15 is 0 Å². The normalized spacial score (nSPS) is 12.8. The molecule has 0 amide bonds. The predicted molar refractivity (Wildman–Crippen MR) is 84.2 cm³/mol. The van der Waals surface area contributed by atoms with Crippen molar-refractivity contribution in [2.75, 3.05) is 26.4 Å². The number of ether oxygens (including phenoxy) is 1. The average molecular weight is 368 g/mol. The second-order valence-electron chi connectivity index (χ2n) is 4.67. The lowest BCUT2D eigenvalue weighted by Crippen LogP contribution is -2.41. The van der Waals surface area contributed by atoms with E-state index in [4.69, 9.17) is 0 Å². The highest BCUT2D eigenvalue weighted by Crippen LogP contribution is 2.25. The van der Waals surface area contributed by atoms with Crippen LogP contribution in [0.15, 0.2) is 29.3 Å². The van der Waals surface area contributed by atoms with Gasteiger partial charge in [-0.2, -0.15) is 0 Å². The summed E-state index contributed by atoms with van der Waals surface area (Å²) in [4.78, 5) is 3.90. The summed E-state index contributed by atoms with van der Waals surface area (Å²) in [5, 5.41) is 5.65. The van der Waals surface area contributed by atoms with Gasteiger partial charge >= 0.3 is 6.36 Å². The second-order valence-corrected chi connectivity index (χ2v) is 6.51. The molecule has 0 heterocycles. The maximum absolute atomic E-state index is 12.4. The lowest BCUT2D eigenvalue weighted by Gasteiger charge is -2.15. The van der Waals surface area contributed by atoms with E-state index in [0.717, 1.165) is 6.26 Å². The maximum Gasteiger partial charge on any atom is 0.573 e. The molecule has 0 atom stereocenters. The van der Waals surface area contributed by atoms with E-state index in [0.29, 0.717) is 11.5 Å². The summed E-state index contributed by atoms with van der Waals surface area (Å²) in [6, 6.07) is 5.74. The monoisotopic (exact) mass is 368 g/mol. The third-order valence-corrected chi connectivity index (χ3v) is 3.38. The molecule has 0 aromatic heterocycles. The van der Waals surface area contributed by atoms with Crippen LogP contribution in [0.4, 0.5) is 13.2 Å². The van der Waals surface area contributed by atoms with E-state index < -0.39 is 16.4 Å². The van der Waals surface area contributed by atoms with Gasteiger partial charge in [0.05, 0.1) is 6.26 Å². The number of aliphatic imine (C=N–C) groups is 1. The zero-order chi connectivity index (χ0) is 18.2. The first-order valence-electron chi connectivity index (χ1n) is 6.83. The van der Waals surface area contributed by atoms with Crippen molar-refractivity contribution in [1.29, 1.82) is 0 Å². The van der Waals surface area contributed by atoms with E-state index in [1.807, 2.05) is 0 Å². The maximum atomic E-state index is 12.4. The largest absolute Gasteiger partial charge is 0.573 e. The number of benzene rings is 1. The molecule has 3 N–H and O–H groups in total. The molecule has 24 heavy (non-hydrogen) atoms. The van der Waals surface area contributed by atoms with Gasteiger partial charge in [0.25, 0.3) is 0 Å². The fourth-order valence-corrected chi connectivity index (χ4v) is 2.16. The molecule has 0 bridgehead atoms. The van der Waals surface area contributed by atoms with Crippen molar-refractivity contribution >= 4 is 16.0 Å². The van der Waals surface area contributed by atoms with Crippen LogP contribution in [0.1, 0.15) is 5.56 Å². The van der Waals surface area contributed by atoms with Crippen molar-refractivity contribution in [3.8, 4) is 5.75 Å². The molecule has 0 radical (unpaired) electrons. The zero-order valence-electron chi connectivity index (χ0n) is 13.1. The van der Waals surface area contributed by atoms with Crippen molar-refractivity contribution in [2.24, 2.45) is 4.99 Å². The molecule has 136 valence electrons. The van der Waals surface area contributed by atoms with E-state index in [9.17, 15) is 21.6 Å². The summed E-state index contributed by atoms with van der Waals surface area (Å²) >= 11 is 0. The van der Waals surface area contributed by atoms with Crippen LogP contribution in [-0.2, 0) is 16.6 Å². The van der Waals surface area contributed by atoms with E-state index in [2.05, 4.69) is 25.1 Å². The molecule has 1 rings (SSSR count). The lowest BCUT2D eigenvalue weighted by molar-refractivity contribution is -0.274. The summed E-state index contributed by atoms with van der Waals surface area (Å²) in [6.07, 6.45) is -3.73. The summed E-state index contributed by atoms with van der Waals surface area (Å²) in [5.41, 5.74) is 0.298. The molecular formula is C13H19F3N4O3S. The highest BCUT2D eigenvalue weighted by atomic mass is 32.2.